The Morgan fingerprint density at radius 1 is 1.06 bits per heavy atom. The minimum Gasteiger partial charge on any atom is -0.493 e. The van der Waals surface area contributed by atoms with Gasteiger partial charge in [0.25, 0.3) is 5.91 Å². The molecule has 3 aromatic rings. The van der Waals surface area contributed by atoms with Crippen LogP contribution in [0.25, 0.3) is 0 Å². The summed E-state index contributed by atoms with van der Waals surface area (Å²) >= 11 is 1.52. The van der Waals surface area contributed by atoms with E-state index < -0.39 is 0 Å². The molecule has 6 nitrogen and oxygen atoms in total. The zero-order chi connectivity index (χ0) is 24.8. The Balaban J connectivity index is 1.34. The molecule has 2 heterocycles. The first-order valence-electron chi connectivity index (χ1n) is 12.0. The second-order valence-corrected chi connectivity index (χ2v) is 10.1. The van der Waals surface area contributed by atoms with Gasteiger partial charge in [-0.3, -0.25) is 9.59 Å². The Bertz CT molecular complexity index is 1130. The van der Waals surface area contributed by atoms with E-state index >= 15 is 0 Å². The van der Waals surface area contributed by atoms with E-state index in [4.69, 9.17) is 9.47 Å². The van der Waals surface area contributed by atoms with Crippen molar-refractivity contribution < 1.29 is 19.1 Å². The Kier molecular flexibility index (Phi) is 8.18. The number of hydrogen-bond donors (Lipinski definition) is 0. The Hall–Kier alpha value is -3.19. The fraction of sp³-hybridized carbons (Fsp3) is 0.393. The fourth-order valence-electron chi connectivity index (χ4n) is 4.42. The number of rotatable bonds is 9. The first-order chi connectivity index (χ1) is 16.9. The SMILES string of the molecule is COc1cc(C(=O)N2CCC(C(=O)c3ccc(CC(C)C)cc3)CC2)ccc1OCc1cscn1. The van der Waals surface area contributed by atoms with Crippen LogP contribution in [0.15, 0.2) is 53.4 Å². The summed E-state index contributed by atoms with van der Waals surface area (Å²) in [6.07, 6.45) is 2.35. The van der Waals surface area contributed by atoms with E-state index in [0.29, 0.717) is 55.5 Å². The molecule has 1 aliphatic rings. The number of ketones is 1. The number of likely N-dealkylation sites (tertiary alicyclic amines) is 1. The summed E-state index contributed by atoms with van der Waals surface area (Å²) in [6.45, 7) is 5.85. The van der Waals surface area contributed by atoms with Crippen molar-refractivity contribution in [1.29, 1.82) is 0 Å². The lowest BCUT2D eigenvalue weighted by Crippen LogP contribution is -2.40. The van der Waals surface area contributed by atoms with Crippen LogP contribution in [0.2, 0.25) is 0 Å². The molecule has 1 fully saturated rings. The molecule has 184 valence electrons. The number of thiazole rings is 1. The van der Waals surface area contributed by atoms with Gasteiger partial charge in [0.2, 0.25) is 0 Å². The quantitative estimate of drug-likeness (QED) is 0.360. The van der Waals surface area contributed by atoms with Crippen LogP contribution in [0.1, 0.15) is 58.7 Å². The third-order valence-electron chi connectivity index (χ3n) is 6.30. The van der Waals surface area contributed by atoms with E-state index in [0.717, 1.165) is 17.7 Å². The summed E-state index contributed by atoms with van der Waals surface area (Å²) < 4.78 is 11.3. The molecule has 0 aliphatic carbocycles. The maximum absolute atomic E-state index is 13.1. The van der Waals surface area contributed by atoms with Crippen molar-refractivity contribution in [2.75, 3.05) is 20.2 Å². The van der Waals surface area contributed by atoms with Crippen LogP contribution < -0.4 is 9.47 Å². The van der Waals surface area contributed by atoms with Gasteiger partial charge in [-0.2, -0.15) is 0 Å². The highest BCUT2D eigenvalue weighted by molar-refractivity contribution is 7.07. The number of benzene rings is 2. The third-order valence-corrected chi connectivity index (χ3v) is 6.94. The summed E-state index contributed by atoms with van der Waals surface area (Å²) in [5, 5.41) is 1.93. The average Bonchev–Trinajstić information content (AvgIpc) is 3.40. The average molecular weight is 493 g/mol. The van der Waals surface area contributed by atoms with Crippen LogP contribution in [0.3, 0.4) is 0 Å². The lowest BCUT2D eigenvalue weighted by Gasteiger charge is -2.31. The molecule has 0 radical (unpaired) electrons. The number of carbonyl (C=O) groups excluding carboxylic acids is 2. The third kappa shape index (κ3) is 6.28. The molecule has 0 atom stereocenters. The number of aromatic nitrogens is 1. The molecule has 0 spiro atoms. The molecule has 1 amide bonds. The van der Waals surface area contributed by atoms with Crippen LogP contribution in [-0.2, 0) is 13.0 Å². The van der Waals surface area contributed by atoms with Gasteiger partial charge in [0.1, 0.15) is 6.61 Å². The summed E-state index contributed by atoms with van der Waals surface area (Å²) in [6, 6.07) is 13.3. The van der Waals surface area contributed by atoms with E-state index in [1.165, 1.54) is 16.9 Å². The van der Waals surface area contributed by atoms with Crippen molar-refractivity contribution in [1.82, 2.24) is 9.88 Å². The molecule has 7 heteroatoms. The van der Waals surface area contributed by atoms with Crippen LogP contribution in [0.5, 0.6) is 11.5 Å². The van der Waals surface area contributed by atoms with Crippen molar-refractivity contribution in [3.05, 3.63) is 75.7 Å². The van der Waals surface area contributed by atoms with E-state index in [2.05, 4.69) is 31.0 Å². The Morgan fingerprint density at radius 2 is 1.77 bits per heavy atom. The molecule has 1 saturated heterocycles. The van der Waals surface area contributed by atoms with Gasteiger partial charge >= 0.3 is 0 Å². The van der Waals surface area contributed by atoms with Gasteiger partial charge < -0.3 is 14.4 Å². The summed E-state index contributed by atoms with van der Waals surface area (Å²) in [5.41, 5.74) is 5.18. The first-order valence-corrected chi connectivity index (χ1v) is 13.0. The molecule has 0 unspecified atom stereocenters. The topological polar surface area (TPSA) is 68.7 Å². The Labute approximate surface area is 210 Å². The predicted octanol–water partition coefficient (Wildman–Crippen LogP) is 5.66. The molecule has 0 N–H and O–H groups in total. The van der Waals surface area contributed by atoms with Gasteiger partial charge in [-0.25, -0.2) is 4.98 Å². The number of hydrogen-bond acceptors (Lipinski definition) is 6. The number of ether oxygens (including phenoxy) is 2. The molecule has 0 saturated carbocycles. The summed E-state index contributed by atoms with van der Waals surface area (Å²) in [7, 11) is 1.56. The molecular formula is C28H32N2O4S. The number of methoxy groups -OCH3 is 1. The van der Waals surface area contributed by atoms with E-state index in [1.54, 1.807) is 30.8 Å². The fourth-order valence-corrected chi connectivity index (χ4v) is 4.96. The molecule has 35 heavy (non-hydrogen) atoms. The number of Topliss-reactive ketones (excluding diaryl/α,β-unsaturated/α-hetero) is 1. The van der Waals surface area contributed by atoms with Gasteiger partial charge in [0, 0.05) is 35.5 Å². The van der Waals surface area contributed by atoms with Gasteiger partial charge in [-0.15, -0.1) is 11.3 Å². The normalized spacial score (nSPS) is 14.2. The molecule has 2 aromatic carbocycles. The predicted molar refractivity (Wildman–Crippen MR) is 137 cm³/mol. The van der Waals surface area contributed by atoms with Crippen molar-refractivity contribution in [2.24, 2.45) is 11.8 Å². The largest absolute Gasteiger partial charge is 0.493 e. The van der Waals surface area contributed by atoms with E-state index in [-0.39, 0.29) is 17.6 Å². The van der Waals surface area contributed by atoms with Crippen molar-refractivity contribution >= 4 is 23.0 Å². The molecular weight excluding hydrogens is 460 g/mol. The number of carbonyl (C=O) groups is 2. The minimum absolute atomic E-state index is 0.0500. The lowest BCUT2D eigenvalue weighted by molar-refractivity contribution is 0.0650. The minimum atomic E-state index is -0.0571. The van der Waals surface area contributed by atoms with Gasteiger partial charge in [0.15, 0.2) is 17.3 Å². The van der Waals surface area contributed by atoms with E-state index in [1.807, 2.05) is 22.4 Å². The molecule has 1 aromatic heterocycles. The second-order valence-electron chi connectivity index (χ2n) is 9.36. The second kappa shape index (κ2) is 11.5. The maximum Gasteiger partial charge on any atom is 0.253 e. The van der Waals surface area contributed by atoms with Crippen molar-refractivity contribution in [3.63, 3.8) is 0 Å². The summed E-state index contributed by atoms with van der Waals surface area (Å²) in [5.74, 6) is 1.74. The highest BCUT2D eigenvalue weighted by Gasteiger charge is 2.29. The highest BCUT2D eigenvalue weighted by Crippen LogP contribution is 2.30. The molecule has 0 bridgehead atoms. The van der Waals surface area contributed by atoms with Crippen LogP contribution in [-0.4, -0.2) is 41.8 Å². The van der Waals surface area contributed by atoms with Gasteiger partial charge in [0.05, 0.1) is 18.3 Å². The van der Waals surface area contributed by atoms with Crippen LogP contribution in [0, 0.1) is 11.8 Å². The van der Waals surface area contributed by atoms with Gasteiger partial charge in [-0.1, -0.05) is 38.1 Å². The standard InChI is InChI=1S/C28H32N2O4S/c1-19(2)14-20-4-6-21(7-5-20)27(31)22-10-12-30(13-11-22)28(32)23-8-9-25(26(15-23)33-3)34-16-24-17-35-18-29-24/h4-9,15,17-19,22H,10-14,16H2,1-3H3. The smallest absolute Gasteiger partial charge is 0.253 e. The Morgan fingerprint density at radius 3 is 2.40 bits per heavy atom. The number of amides is 1. The number of nitrogens with zero attached hydrogens (tertiary/aromatic N) is 2. The van der Waals surface area contributed by atoms with Crippen LogP contribution in [0.4, 0.5) is 0 Å². The molecule has 1 aliphatic heterocycles. The zero-order valence-corrected chi connectivity index (χ0v) is 21.3. The summed E-state index contributed by atoms with van der Waals surface area (Å²) in [4.78, 5) is 32.2. The first kappa shape index (κ1) is 24.9. The molecule has 4 rings (SSSR count). The zero-order valence-electron chi connectivity index (χ0n) is 20.5. The van der Waals surface area contributed by atoms with Crippen molar-refractivity contribution in [2.45, 2.75) is 39.7 Å². The van der Waals surface area contributed by atoms with E-state index in [9.17, 15) is 9.59 Å². The maximum atomic E-state index is 13.1. The van der Waals surface area contributed by atoms with Crippen LogP contribution >= 0.6 is 11.3 Å². The highest BCUT2D eigenvalue weighted by atomic mass is 32.1. The van der Waals surface area contributed by atoms with Gasteiger partial charge in [-0.05, 0) is 48.9 Å². The van der Waals surface area contributed by atoms with Crippen molar-refractivity contribution in [3.8, 4) is 11.5 Å². The number of piperidine rings is 1. The monoisotopic (exact) mass is 492 g/mol. The lowest BCUT2D eigenvalue weighted by atomic mass is 9.88.